The Labute approximate surface area is 116 Å². The van der Waals surface area contributed by atoms with Gasteiger partial charge < -0.3 is 10.2 Å². The third kappa shape index (κ3) is 2.63. The monoisotopic (exact) mass is 279 g/mol. The first-order valence-corrected chi connectivity index (χ1v) is 7.50. The van der Waals surface area contributed by atoms with Crippen molar-refractivity contribution in [3.05, 3.63) is 16.6 Å². The Morgan fingerprint density at radius 1 is 1.47 bits per heavy atom. The zero-order valence-electron chi connectivity index (χ0n) is 10.8. The van der Waals surface area contributed by atoms with Crippen molar-refractivity contribution in [2.75, 3.05) is 0 Å². The molecule has 1 saturated carbocycles. The number of amides is 2. The van der Waals surface area contributed by atoms with Crippen LogP contribution in [-0.2, 0) is 16.1 Å². The minimum atomic E-state index is -0.314. The molecular formula is C13H17N3O2S. The lowest BCUT2D eigenvalue weighted by atomic mass is 10.1. The molecular weight excluding hydrogens is 262 g/mol. The second-order valence-corrected chi connectivity index (χ2v) is 6.34. The van der Waals surface area contributed by atoms with Crippen LogP contribution >= 0.6 is 11.3 Å². The standard InChI is InChI=1S/C13H17N3O2S/c1-8-4-11(17)15-12(9-2-3-9)13(18)16(8)6-10-5-14-7-19-10/h5,7-9,12H,2-4,6H2,1H3,(H,15,17). The number of hydrogen-bond donors (Lipinski definition) is 1. The van der Waals surface area contributed by atoms with Gasteiger partial charge >= 0.3 is 0 Å². The Balaban J connectivity index is 1.82. The van der Waals surface area contributed by atoms with Crippen LogP contribution in [0.4, 0.5) is 0 Å². The molecule has 0 bridgehead atoms. The summed E-state index contributed by atoms with van der Waals surface area (Å²) in [6.07, 6.45) is 4.25. The highest BCUT2D eigenvalue weighted by Gasteiger charge is 2.42. The normalized spacial score (nSPS) is 28.2. The first kappa shape index (κ1) is 12.6. The molecule has 2 aliphatic rings. The van der Waals surface area contributed by atoms with Gasteiger partial charge in [0.1, 0.15) is 6.04 Å². The van der Waals surface area contributed by atoms with Gasteiger partial charge in [0.2, 0.25) is 11.8 Å². The molecule has 2 amide bonds. The Hall–Kier alpha value is -1.43. The van der Waals surface area contributed by atoms with Crippen LogP contribution in [0, 0.1) is 5.92 Å². The molecule has 1 aliphatic heterocycles. The van der Waals surface area contributed by atoms with Gasteiger partial charge in [0.15, 0.2) is 0 Å². The van der Waals surface area contributed by atoms with E-state index in [9.17, 15) is 9.59 Å². The predicted octanol–water partition coefficient (Wildman–Crippen LogP) is 1.16. The number of nitrogens with one attached hydrogen (secondary N) is 1. The predicted molar refractivity (Wildman–Crippen MR) is 71.4 cm³/mol. The van der Waals surface area contributed by atoms with E-state index < -0.39 is 0 Å². The summed E-state index contributed by atoms with van der Waals surface area (Å²) in [5.41, 5.74) is 1.77. The van der Waals surface area contributed by atoms with Crippen LogP contribution in [0.3, 0.4) is 0 Å². The molecule has 0 radical (unpaired) electrons. The lowest BCUT2D eigenvalue weighted by Gasteiger charge is -2.28. The number of nitrogens with zero attached hydrogens (tertiary/aromatic N) is 2. The summed E-state index contributed by atoms with van der Waals surface area (Å²) in [6.45, 7) is 2.50. The maximum absolute atomic E-state index is 12.6. The number of carbonyl (C=O) groups is 2. The van der Waals surface area contributed by atoms with E-state index in [-0.39, 0.29) is 23.9 Å². The first-order valence-electron chi connectivity index (χ1n) is 6.62. The van der Waals surface area contributed by atoms with E-state index in [0.717, 1.165) is 17.7 Å². The molecule has 1 aromatic heterocycles. The Morgan fingerprint density at radius 3 is 2.89 bits per heavy atom. The second kappa shape index (κ2) is 4.92. The highest BCUT2D eigenvalue weighted by atomic mass is 32.1. The minimum absolute atomic E-state index is 0.00967. The van der Waals surface area contributed by atoms with Gasteiger partial charge in [-0.25, -0.2) is 0 Å². The van der Waals surface area contributed by atoms with Gasteiger partial charge in [0.05, 0.1) is 12.1 Å². The van der Waals surface area contributed by atoms with E-state index in [2.05, 4.69) is 10.3 Å². The van der Waals surface area contributed by atoms with E-state index in [4.69, 9.17) is 0 Å². The van der Waals surface area contributed by atoms with Gasteiger partial charge in [0, 0.05) is 23.5 Å². The molecule has 0 aromatic carbocycles. The van der Waals surface area contributed by atoms with Crippen molar-refractivity contribution in [2.24, 2.45) is 5.92 Å². The van der Waals surface area contributed by atoms with Gasteiger partial charge in [-0.3, -0.25) is 14.6 Å². The van der Waals surface area contributed by atoms with E-state index in [1.54, 1.807) is 23.0 Å². The number of carbonyl (C=O) groups excluding carboxylic acids is 2. The number of rotatable bonds is 3. The van der Waals surface area contributed by atoms with Crippen LogP contribution < -0.4 is 5.32 Å². The van der Waals surface area contributed by atoms with E-state index in [1.807, 2.05) is 11.8 Å². The van der Waals surface area contributed by atoms with Crippen molar-refractivity contribution in [1.82, 2.24) is 15.2 Å². The molecule has 6 heteroatoms. The summed E-state index contributed by atoms with van der Waals surface area (Å²) in [7, 11) is 0. The average molecular weight is 279 g/mol. The summed E-state index contributed by atoms with van der Waals surface area (Å²) in [5.74, 6) is 0.393. The smallest absolute Gasteiger partial charge is 0.246 e. The highest BCUT2D eigenvalue weighted by molar-refractivity contribution is 7.09. The molecule has 102 valence electrons. The molecule has 2 heterocycles. The van der Waals surface area contributed by atoms with Crippen molar-refractivity contribution in [1.29, 1.82) is 0 Å². The fourth-order valence-electron chi connectivity index (χ4n) is 2.54. The van der Waals surface area contributed by atoms with Crippen LogP contribution in [-0.4, -0.2) is 33.8 Å². The van der Waals surface area contributed by atoms with Crippen LogP contribution in [0.2, 0.25) is 0 Å². The Morgan fingerprint density at radius 2 is 2.26 bits per heavy atom. The molecule has 19 heavy (non-hydrogen) atoms. The van der Waals surface area contributed by atoms with Crippen LogP contribution in [0.25, 0.3) is 0 Å². The molecule has 5 nitrogen and oxygen atoms in total. The average Bonchev–Trinajstić information content (AvgIpc) is 3.09. The Kier molecular flexibility index (Phi) is 3.26. The van der Waals surface area contributed by atoms with Gasteiger partial charge in [-0.2, -0.15) is 0 Å². The van der Waals surface area contributed by atoms with Crippen LogP contribution in [0.15, 0.2) is 11.7 Å². The quantitative estimate of drug-likeness (QED) is 0.903. The molecule has 1 saturated heterocycles. The zero-order valence-corrected chi connectivity index (χ0v) is 11.7. The molecule has 1 N–H and O–H groups in total. The molecule has 3 rings (SSSR count). The fraction of sp³-hybridized carbons (Fsp3) is 0.615. The summed E-state index contributed by atoms with van der Waals surface area (Å²) in [4.78, 5) is 31.4. The third-order valence-electron chi connectivity index (χ3n) is 3.78. The summed E-state index contributed by atoms with van der Waals surface area (Å²) < 4.78 is 0. The molecule has 2 fully saturated rings. The van der Waals surface area contributed by atoms with E-state index in [0.29, 0.717) is 18.9 Å². The third-order valence-corrected chi connectivity index (χ3v) is 4.55. The lowest BCUT2D eigenvalue weighted by molar-refractivity contribution is -0.136. The fourth-order valence-corrected chi connectivity index (χ4v) is 3.13. The largest absolute Gasteiger partial charge is 0.344 e. The van der Waals surface area contributed by atoms with Gasteiger partial charge in [0.25, 0.3) is 0 Å². The van der Waals surface area contributed by atoms with Crippen molar-refractivity contribution >= 4 is 23.2 Å². The molecule has 2 atom stereocenters. The first-order chi connectivity index (χ1) is 9.15. The summed E-state index contributed by atoms with van der Waals surface area (Å²) in [6, 6.07) is -0.372. The second-order valence-electron chi connectivity index (χ2n) is 5.37. The molecule has 1 aliphatic carbocycles. The summed E-state index contributed by atoms with van der Waals surface area (Å²) in [5, 5.41) is 2.89. The van der Waals surface area contributed by atoms with E-state index >= 15 is 0 Å². The van der Waals surface area contributed by atoms with Crippen molar-refractivity contribution in [2.45, 2.75) is 44.8 Å². The van der Waals surface area contributed by atoms with Crippen LogP contribution in [0.1, 0.15) is 31.1 Å². The number of thiazole rings is 1. The van der Waals surface area contributed by atoms with Crippen molar-refractivity contribution < 1.29 is 9.59 Å². The SMILES string of the molecule is CC1CC(=O)NC(C2CC2)C(=O)N1Cc1cncs1. The number of hydrogen-bond acceptors (Lipinski definition) is 4. The van der Waals surface area contributed by atoms with Gasteiger partial charge in [-0.1, -0.05) is 0 Å². The molecule has 1 aromatic rings. The maximum atomic E-state index is 12.6. The van der Waals surface area contributed by atoms with Crippen LogP contribution in [0.5, 0.6) is 0 Å². The highest BCUT2D eigenvalue weighted by Crippen LogP contribution is 2.35. The lowest BCUT2D eigenvalue weighted by Crippen LogP contribution is -2.47. The molecule has 0 spiro atoms. The van der Waals surface area contributed by atoms with Gasteiger partial charge in [-0.15, -0.1) is 11.3 Å². The molecule has 2 unspecified atom stereocenters. The van der Waals surface area contributed by atoms with Crippen molar-refractivity contribution in [3.8, 4) is 0 Å². The van der Waals surface area contributed by atoms with E-state index in [1.165, 1.54) is 0 Å². The topological polar surface area (TPSA) is 62.3 Å². The minimum Gasteiger partial charge on any atom is -0.344 e. The summed E-state index contributed by atoms with van der Waals surface area (Å²) >= 11 is 1.54. The van der Waals surface area contributed by atoms with Crippen molar-refractivity contribution in [3.63, 3.8) is 0 Å². The van der Waals surface area contributed by atoms with Gasteiger partial charge in [-0.05, 0) is 25.7 Å². The Bertz CT molecular complexity index is 484. The number of aromatic nitrogens is 1. The zero-order chi connectivity index (χ0) is 13.4. The maximum Gasteiger partial charge on any atom is 0.246 e.